The van der Waals surface area contributed by atoms with Crippen molar-refractivity contribution in [2.24, 2.45) is 0 Å². The second kappa shape index (κ2) is 7.29. The van der Waals surface area contributed by atoms with Gasteiger partial charge in [0.15, 0.2) is 0 Å². The van der Waals surface area contributed by atoms with E-state index in [0.717, 1.165) is 11.1 Å². The first-order chi connectivity index (χ1) is 14.5. The van der Waals surface area contributed by atoms with Crippen LogP contribution in [0, 0.1) is 0 Å². The molecule has 0 unspecified atom stereocenters. The molecule has 0 bridgehead atoms. The van der Waals surface area contributed by atoms with Crippen LogP contribution in [0.1, 0.15) is 33.0 Å². The van der Waals surface area contributed by atoms with Crippen LogP contribution < -0.4 is 4.90 Å². The number of carbonyl (C=O) groups is 2. The number of fused-ring (bicyclic) bond motifs is 4. The molecule has 6 heteroatoms. The summed E-state index contributed by atoms with van der Waals surface area (Å²) >= 11 is 3.35. The van der Waals surface area contributed by atoms with Crippen molar-refractivity contribution in [2.75, 3.05) is 18.1 Å². The number of aromatic carboxylic acids is 1. The van der Waals surface area contributed by atoms with Gasteiger partial charge in [-0.25, -0.2) is 9.59 Å². The molecule has 0 aromatic heterocycles. The Labute approximate surface area is 182 Å². The Bertz CT molecular complexity index is 1140. The zero-order chi connectivity index (χ0) is 20.8. The van der Waals surface area contributed by atoms with Gasteiger partial charge < -0.3 is 9.84 Å². The average Bonchev–Trinajstić information content (AvgIpc) is 3.31. The standard InChI is InChI=1S/C24H18BrNO4/c25-14-11-20(23(27)28)19-9-10-26(22(19)12-14)24(29)30-13-21-17-7-3-1-5-15(17)16-6-2-4-8-18(16)21/h1-8,11-12,21H,9-10,13H2,(H,27,28). The Kier molecular flexibility index (Phi) is 4.59. The summed E-state index contributed by atoms with van der Waals surface area (Å²) in [6, 6.07) is 19.7. The maximum absolute atomic E-state index is 12.9. The Hall–Kier alpha value is -3.12. The van der Waals surface area contributed by atoms with E-state index in [1.54, 1.807) is 12.1 Å². The van der Waals surface area contributed by atoms with Crippen LogP contribution in [0.15, 0.2) is 65.1 Å². The molecule has 1 aliphatic heterocycles. The molecule has 5 rings (SSSR count). The van der Waals surface area contributed by atoms with Crippen LogP contribution in [0.5, 0.6) is 0 Å². The van der Waals surface area contributed by atoms with E-state index in [1.807, 2.05) is 24.3 Å². The minimum absolute atomic E-state index is 0.0134. The summed E-state index contributed by atoms with van der Waals surface area (Å²) in [4.78, 5) is 26.0. The van der Waals surface area contributed by atoms with Gasteiger partial charge >= 0.3 is 12.1 Å². The van der Waals surface area contributed by atoms with Crippen LogP contribution in [0.4, 0.5) is 10.5 Å². The molecule has 2 aliphatic rings. The molecule has 3 aromatic rings. The van der Waals surface area contributed by atoms with E-state index < -0.39 is 12.1 Å². The van der Waals surface area contributed by atoms with Crippen molar-refractivity contribution in [3.63, 3.8) is 0 Å². The van der Waals surface area contributed by atoms with Crippen molar-refractivity contribution in [1.29, 1.82) is 0 Å². The lowest BCUT2D eigenvalue weighted by Gasteiger charge is -2.20. The number of amides is 1. The quantitative estimate of drug-likeness (QED) is 0.559. The fraction of sp³-hybridized carbons (Fsp3) is 0.167. The summed E-state index contributed by atoms with van der Waals surface area (Å²) in [5.41, 5.74) is 6.14. The molecule has 1 amide bonds. The van der Waals surface area contributed by atoms with Crippen molar-refractivity contribution in [3.05, 3.63) is 87.4 Å². The van der Waals surface area contributed by atoms with Crippen molar-refractivity contribution in [2.45, 2.75) is 12.3 Å². The Balaban J connectivity index is 1.40. The number of nitrogens with zero attached hydrogens (tertiary/aromatic N) is 1. The van der Waals surface area contributed by atoms with E-state index in [9.17, 15) is 14.7 Å². The second-order valence-electron chi connectivity index (χ2n) is 7.46. The van der Waals surface area contributed by atoms with E-state index in [0.29, 0.717) is 28.7 Å². The maximum atomic E-state index is 12.9. The Morgan fingerprint density at radius 1 is 1.03 bits per heavy atom. The molecule has 0 saturated heterocycles. The van der Waals surface area contributed by atoms with Gasteiger partial charge in [-0.15, -0.1) is 0 Å². The molecule has 0 spiro atoms. The monoisotopic (exact) mass is 463 g/mol. The SMILES string of the molecule is O=C(O)c1cc(Br)cc2c1CCN2C(=O)OCC1c2ccccc2-c2ccccc21. The highest BCUT2D eigenvalue weighted by Gasteiger charge is 2.33. The third kappa shape index (κ3) is 2.99. The minimum atomic E-state index is -0.998. The highest BCUT2D eigenvalue weighted by atomic mass is 79.9. The normalized spacial score (nSPS) is 14.2. The molecule has 0 radical (unpaired) electrons. The van der Waals surface area contributed by atoms with Gasteiger partial charge in [0.25, 0.3) is 0 Å². The largest absolute Gasteiger partial charge is 0.478 e. The van der Waals surface area contributed by atoms with E-state index >= 15 is 0 Å². The number of hydrogen-bond acceptors (Lipinski definition) is 3. The molecule has 0 atom stereocenters. The lowest BCUT2D eigenvalue weighted by Crippen LogP contribution is -2.30. The Morgan fingerprint density at radius 3 is 2.30 bits per heavy atom. The Morgan fingerprint density at radius 2 is 1.67 bits per heavy atom. The molecule has 150 valence electrons. The molecule has 0 fully saturated rings. The minimum Gasteiger partial charge on any atom is -0.478 e. The fourth-order valence-electron chi connectivity index (χ4n) is 4.52. The predicted octanol–water partition coefficient (Wildman–Crippen LogP) is 5.46. The van der Waals surface area contributed by atoms with Crippen LogP contribution in [-0.4, -0.2) is 30.3 Å². The van der Waals surface area contributed by atoms with Gasteiger partial charge in [-0.05, 0) is 46.4 Å². The van der Waals surface area contributed by atoms with Gasteiger partial charge in [0.1, 0.15) is 6.61 Å². The van der Waals surface area contributed by atoms with E-state index in [4.69, 9.17) is 4.74 Å². The van der Waals surface area contributed by atoms with Gasteiger partial charge in [0, 0.05) is 16.9 Å². The third-order valence-electron chi connectivity index (χ3n) is 5.85. The number of carboxylic acid groups (broad SMARTS) is 1. The molecule has 1 aliphatic carbocycles. The molecular formula is C24H18BrNO4. The lowest BCUT2D eigenvalue weighted by molar-refractivity contribution is 0.0695. The number of rotatable bonds is 3. The topological polar surface area (TPSA) is 66.8 Å². The summed E-state index contributed by atoms with van der Waals surface area (Å²) in [6.07, 6.45) is 0.0408. The highest BCUT2D eigenvalue weighted by Crippen LogP contribution is 2.44. The first-order valence-electron chi connectivity index (χ1n) is 9.73. The molecule has 1 heterocycles. The number of benzene rings is 3. The zero-order valence-corrected chi connectivity index (χ0v) is 17.6. The van der Waals surface area contributed by atoms with Crippen molar-refractivity contribution < 1.29 is 19.4 Å². The molecule has 5 nitrogen and oxygen atoms in total. The van der Waals surface area contributed by atoms with Gasteiger partial charge in [0.05, 0.1) is 11.3 Å². The summed E-state index contributed by atoms with van der Waals surface area (Å²) in [5.74, 6) is -1.01. The number of halogens is 1. The van der Waals surface area contributed by atoms with Gasteiger partial charge in [0.2, 0.25) is 0 Å². The van der Waals surface area contributed by atoms with Crippen LogP contribution >= 0.6 is 15.9 Å². The number of ether oxygens (including phenoxy) is 1. The van der Waals surface area contributed by atoms with Gasteiger partial charge in [-0.2, -0.15) is 0 Å². The van der Waals surface area contributed by atoms with Crippen LogP contribution in [0.3, 0.4) is 0 Å². The molecule has 1 N–H and O–H groups in total. The van der Waals surface area contributed by atoms with Crippen molar-refractivity contribution in [3.8, 4) is 11.1 Å². The van der Waals surface area contributed by atoms with E-state index in [2.05, 4.69) is 40.2 Å². The summed E-state index contributed by atoms with van der Waals surface area (Å²) in [5, 5.41) is 9.48. The number of anilines is 1. The zero-order valence-electron chi connectivity index (χ0n) is 16.0. The van der Waals surface area contributed by atoms with Gasteiger partial charge in [-0.3, -0.25) is 4.90 Å². The number of hydrogen-bond donors (Lipinski definition) is 1. The summed E-state index contributed by atoms with van der Waals surface area (Å²) in [6.45, 7) is 0.640. The molecule has 3 aromatic carbocycles. The molecular weight excluding hydrogens is 446 g/mol. The average molecular weight is 464 g/mol. The van der Waals surface area contributed by atoms with Crippen LogP contribution in [0.25, 0.3) is 11.1 Å². The fourth-order valence-corrected chi connectivity index (χ4v) is 4.97. The number of carboxylic acids is 1. The molecule has 0 saturated carbocycles. The smallest absolute Gasteiger partial charge is 0.414 e. The van der Waals surface area contributed by atoms with Crippen LogP contribution in [0.2, 0.25) is 0 Å². The predicted molar refractivity (Wildman–Crippen MR) is 117 cm³/mol. The van der Waals surface area contributed by atoms with Crippen LogP contribution in [-0.2, 0) is 11.2 Å². The number of carbonyl (C=O) groups excluding carboxylic acids is 1. The first kappa shape index (κ1) is 18.9. The molecule has 30 heavy (non-hydrogen) atoms. The first-order valence-corrected chi connectivity index (χ1v) is 10.5. The third-order valence-corrected chi connectivity index (χ3v) is 6.31. The van der Waals surface area contributed by atoms with Crippen molar-refractivity contribution in [1.82, 2.24) is 0 Å². The summed E-state index contributed by atoms with van der Waals surface area (Å²) < 4.78 is 6.37. The van der Waals surface area contributed by atoms with Gasteiger partial charge in [-0.1, -0.05) is 64.5 Å². The van der Waals surface area contributed by atoms with Crippen molar-refractivity contribution >= 4 is 33.7 Å². The maximum Gasteiger partial charge on any atom is 0.414 e. The van der Waals surface area contributed by atoms with E-state index in [1.165, 1.54) is 16.0 Å². The lowest BCUT2D eigenvalue weighted by atomic mass is 9.98. The summed E-state index contributed by atoms with van der Waals surface area (Å²) in [7, 11) is 0. The van der Waals surface area contributed by atoms with E-state index in [-0.39, 0.29) is 18.1 Å². The second-order valence-corrected chi connectivity index (χ2v) is 8.38. The highest BCUT2D eigenvalue weighted by molar-refractivity contribution is 9.10.